The Morgan fingerprint density at radius 1 is 1.11 bits per heavy atom. The third kappa shape index (κ3) is 1.84. The van der Waals surface area contributed by atoms with Crippen molar-refractivity contribution in [3.8, 4) is 0 Å². The van der Waals surface area contributed by atoms with Gasteiger partial charge in [0.1, 0.15) is 0 Å². The molecule has 1 aromatic heterocycles. The van der Waals surface area contributed by atoms with E-state index >= 15 is 0 Å². The van der Waals surface area contributed by atoms with Gasteiger partial charge in [-0.2, -0.15) is 0 Å². The Hall–Kier alpha value is -0.890. The molecule has 0 saturated heterocycles. The summed E-state index contributed by atoms with van der Waals surface area (Å²) in [6.45, 7) is 2.00. The third-order valence-electron chi connectivity index (χ3n) is 5.92. The second-order valence-electron chi connectivity index (χ2n) is 7.42. The number of rotatable bonds is 2. The van der Waals surface area contributed by atoms with E-state index in [2.05, 4.69) is 11.1 Å². The number of aromatic nitrogens is 1. The van der Waals surface area contributed by atoms with Crippen LogP contribution in [0.15, 0.2) is 18.3 Å². The van der Waals surface area contributed by atoms with Gasteiger partial charge in [0.2, 0.25) is 0 Å². The molecule has 1 atom stereocenters. The Morgan fingerprint density at radius 2 is 1.68 bits per heavy atom. The molecular formula is C17H23NO. The zero-order chi connectivity index (χ0) is 13.0. The summed E-state index contributed by atoms with van der Waals surface area (Å²) in [5.74, 6) is 2.66. The summed E-state index contributed by atoms with van der Waals surface area (Å²) in [5.41, 5.74) is 2.24. The molecule has 4 bridgehead atoms. The summed E-state index contributed by atoms with van der Waals surface area (Å²) in [4.78, 5) is 4.37. The van der Waals surface area contributed by atoms with Gasteiger partial charge in [-0.1, -0.05) is 6.07 Å². The van der Waals surface area contributed by atoms with Crippen LogP contribution in [0, 0.1) is 30.1 Å². The lowest BCUT2D eigenvalue weighted by Crippen LogP contribution is -2.48. The fourth-order valence-corrected chi connectivity index (χ4v) is 5.51. The molecular weight excluding hydrogens is 234 g/mol. The van der Waals surface area contributed by atoms with Crippen LogP contribution in [0.3, 0.4) is 0 Å². The number of hydrogen-bond donors (Lipinski definition) is 1. The molecule has 0 spiro atoms. The lowest BCUT2D eigenvalue weighted by atomic mass is 9.48. The van der Waals surface area contributed by atoms with Gasteiger partial charge in [0.05, 0.1) is 6.10 Å². The summed E-state index contributed by atoms with van der Waals surface area (Å²) < 4.78 is 0. The summed E-state index contributed by atoms with van der Waals surface area (Å²) in [7, 11) is 0. The van der Waals surface area contributed by atoms with Crippen LogP contribution in [0.5, 0.6) is 0 Å². The van der Waals surface area contributed by atoms with Crippen molar-refractivity contribution >= 4 is 0 Å². The second-order valence-corrected chi connectivity index (χ2v) is 7.42. The van der Waals surface area contributed by atoms with Gasteiger partial charge >= 0.3 is 0 Å². The molecule has 0 aromatic carbocycles. The minimum absolute atomic E-state index is 0.172. The van der Waals surface area contributed by atoms with Crippen molar-refractivity contribution < 1.29 is 5.11 Å². The molecule has 4 aliphatic rings. The lowest BCUT2D eigenvalue weighted by molar-refractivity contribution is -0.122. The van der Waals surface area contributed by atoms with Crippen LogP contribution in [-0.4, -0.2) is 10.1 Å². The summed E-state index contributed by atoms with van der Waals surface area (Å²) in [6, 6.07) is 4.10. The fourth-order valence-electron chi connectivity index (χ4n) is 5.51. The van der Waals surface area contributed by atoms with Crippen molar-refractivity contribution in [1.82, 2.24) is 4.98 Å². The van der Waals surface area contributed by atoms with E-state index in [0.29, 0.717) is 0 Å². The molecule has 19 heavy (non-hydrogen) atoms. The largest absolute Gasteiger partial charge is 0.388 e. The first-order valence-corrected chi connectivity index (χ1v) is 7.75. The van der Waals surface area contributed by atoms with Crippen molar-refractivity contribution in [2.75, 3.05) is 0 Å². The van der Waals surface area contributed by atoms with Crippen LogP contribution in [0.1, 0.15) is 55.9 Å². The maximum atomic E-state index is 10.9. The van der Waals surface area contributed by atoms with E-state index in [1.54, 1.807) is 0 Å². The summed E-state index contributed by atoms with van der Waals surface area (Å²) in [5, 5.41) is 10.9. The number of aliphatic hydroxyl groups is 1. The van der Waals surface area contributed by atoms with Crippen molar-refractivity contribution in [2.24, 2.45) is 23.2 Å². The molecule has 0 amide bonds. The third-order valence-corrected chi connectivity index (χ3v) is 5.92. The highest BCUT2D eigenvalue weighted by Crippen LogP contribution is 2.63. The lowest BCUT2D eigenvalue weighted by Gasteiger charge is -2.58. The number of pyridine rings is 1. The van der Waals surface area contributed by atoms with Crippen LogP contribution in [0.25, 0.3) is 0 Å². The summed E-state index contributed by atoms with van der Waals surface area (Å²) in [6.07, 6.45) is 9.61. The molecule has 5 rings (SSSR count). The highest BCUT2D eigenvalue weighted by molar-refractivity contribution is 5.20. The fraction of sp³-hybridized carbons (Fsp3) is 0.706. The average molecular weight is 257 g/mol. The van der Waals surface area contributed by atoms with Crippen molar-refractivity contribution in [3.05, 3.63) is 29.6 Å². The molecule has 102 valence electrons. The van der Waals surface area contributed by atoms with Crippen LogP contribution in [-0.2, 0) is 0 Å². The Balaban J connectivity index is 1.65. The van der Waals surface area contributed by atoms with Crippen molar-refractivity contribution in [3.63, 3.8) is 0 Å². The number of aryl methyl sites for hydroxylation is 1. The molecule has 1 aromatic rings. The van der Waals surface area contributed by atoms with Gasteiger partial charge in [-0.05, 0) is 74.8 Å². The topological polar surface area (TPSA) is 33.1 Å². The van der Waals surface area contributed by atoms with Crippen molar-refractivity contribution in [2.45, 2.75) is 51.6 Å². The van der Waals surface area contributed by atoms with Gasteiger partial charge in [0.25, 0.3) is 0 Å². The highest BCUT2D eigenvalue weighted by Gasteiger charge is 2.54. The van der Waals surface area contributed by atoms with E-state index in [9.17, 15) is 5.11 Å². The number of nitrogens with zero attached hydrogens (tertiary/aromatic N) is 1. The van der Waals surface area contributed by atoms with E-state index in [-0.39, 0.29) is 11.5 Å². The normalized spacial score (nSPS) is 41.5. The number of hydrogen-bond acceptors (Lipinski definition) is 2. The van der Waals surface area contributed by atoms with E-state index < -0.39 is 0 Å². The van der Waals surface area contributed by atoms with E-state index in [4.69, 9.17) is 0 Å². The maximum absolute atomic E-state index is 10.9. The molecule has 4 saturated carbocycles. The van der Waals surface area contributed by atoms with E-state index in [1.807, 2.05) is 19.2 Å². The monoisotopic (exact) mass is 257 g/mol. The van der Waals surface area contributed by atoms with Crippen LogP contribution in [0.4, 0.5) is 0 Å². The minimum atomic E-state index is -0.297. The Labute approximate surface area is 115 Å². The molecule has 2 heteroatoms. The molecule has 4 aliphatic carbocycles. The first-order chi connectivity index (χ1) is 9.14. The van der Waals surface area contributed by atoms with Gasteiger partial charge in [0.15, 0.2) is 0 Å². The molecule has 1 unspecified atom stereocenters. The SMILES string of the molecule is Cc1ccc(C(O)C23CC4CC(CC(C4)C2)C3)cn1. The first-order valence-electron chi connectivity index (χ1n) is 7.75. The predicted molar refractivity (Wildman–Crippen MR) is 74.5 cm³/mol. The standard InChI is InChI=1S/C17H23NO/c1-11-2-3-15(10-18-11)16(19)17-7-12-4-13(8-17)6-14(5-12)9-17/h2-3,10,12-14,16,19H,4-9H2,1H3. The summed E-state index contributed by atoms with van der Waals surface area (Å²) >= 11 is 0. The van der Waals surface area contributed by atoms with Gasteiger partial charge in [-0.3, -0.25) is 4.98 Å². The van der Waals surface area contributed by atoms with E-state index in [0.717, 1.165) is 29.0 Å². The minimum Gasteiger partial charge on any atom is -0.388 e. The molecule has 1 heterocycles. The Morgan fingerprint density at radius 3 is 2.16 bits per heavy atom. The molecule has 2 nitrogen and oxygen atoms in total. The van der Waals surface area contributed by atoms with Gasteiger partial charge < -0.3 is 5.11 Å². The predicted octanol–water partition coefficient (Wildman–Crippen LogP) is 3.64. The van der Waals surface area contributed by atoms with Gasteiger partial charge in [0, 0.05) is 17.3 Å². The molecule has 1 N–H and O–H groups in total. The zero-order valence-electron chi connectivity index (χ0n) is 11.7. The smallest absolute Gasteiger partial charge is 0.0861 e. The Kier molecular flexibility index (Phi) is 2.54. The van der Waals surface area contributed by atoms with Gasteiger partial charge in [-0.15, -0.1) is 0 Å². The molecule has 0 radical (unpaired) electrons. The average Bonchev–Trinajstić information content (AvgIpc) is 2.37. The van der Waals surface area contributed by atoms with Gasteiger partial charge in [-0.25, -0.2) is 0 Å². The quantitative estimate of drug-likeness (QED) is 0.877. The Bertz CT molecular complexity index is 443. The molecule has 4 fully saturated rings. The maximum Gasteiger partial charge on any atom is 0.0861 e. The first kappa shape index (κ1) is 11.9. The van der Waals surface area contributed by atoms with Crippen LogP contribution >= 0.6 is 0 Å². The van der Waals surface area contributed by atoms with Crippen LogP contribution < -0.4 is 0 Å². The van der Waals surface area contributed by atoms with Crippen LogP contribution in [0.2, 0.25) is 0 Å². The molecule has 0 aliphatic heterocycles. The highest BCUT2D eigenvalue weighted by atomic mass is 16.3. The second kappa shape index (κ2) is 4.05. The van der Waals surface area contributed by atoms with Crippen molar-refractivity contribution in [1.29, 1.82) is 0 Å². The number of aliphatic hydroxyl groups excluding tert-OH is 1. The van der Waals surface area contributed by atoms with E-state index in [1.165, 1.54) is 38.5 Å². The zero-order valence-corrected chi connectivity index (χ0v) is 11.7.